The van der Waals surface area contributed by atoms with Crippen LogP contribution in [-0.4, -0.2) is 64.5 Å². The minimum Gasteiger partial charge on any atom is -0.504 e. The number of alkyl carbamates (subject to hydrolysis) is 1. The summed E-state index contributed by atoms with van der Waals surface area (Å²) < 4.78 is 21.9. The Morgan fingerprint density at radius 3 is 2.18 bits per heavy atom. The van der Waals surface area contributed by atoms with E-state index in [-0.39, 0.29) is 33.4 Å². The van der Waals surface area contributed by atoms with Crippen molar-refractivity contribution in [2.75, 3.05) is 7.11 Å². The number of amides is 3. The Labute approximate surface area is 264 Å². The first-order valence-corrected chi connectivity index (χ1v) is 14.0. The Hall–Kier alpha value is -4.74. The number of nitrogens with zero attached hydrogens (tertiary/aromatic N) is 1. The van der Waals surface area contributed by atoms with Crippen LogP contribution in [0, 0.1) is 11.3 Å². The van der Waals surface area contributed by atoms with Gasteiger partial charge in [-0.3, -0.25) is 9.59 Å². The van der Waals surface area contributed by atoms with E-state index in [1.807, 2.05) is 0 Å². The number of aliphatic hydroxyl groups is 1. The fraction of sp³-hybridized carbons (Fsp3) is 0.433. The van der Waals surface area contributed by atoms with Gasteiger partial charge in [0.1, 0.15) is 29.1 Å². The topological polar surface area (TPSA) is 206 Å². The molecule has 0 saturated heterocycles. The molecule has 2 heterocycles. The third-order valence-electron chi connectivity index (χ3n) is 5.99. The smallest absolute Gasteiger partial charge is 0.408 e. The Kier molecular flexibility index (Phi) is 10.4. The lowest BCUT2D eigenvalue weighted by Gasteiger charge is -2.28. The van der Waals surface area contributed by atoms with Crippen LogP contribution in [0.25, 0.3) is 0 Å². The van der Waals surface area contributed by atoms with Gasteiger partial charge in [0.05, 0.1) is 18.2 Å². The standard InChI is InChI=1S/C30H35ClN4O10/c1-29(2,3)44-27(40)21-15-11-18(36)24(42-7)20(12-15)43-19-9-8-14(10-16(19)31)23(37)22(35-28(41)45-30(4,5)6)26(39)33-17(13-32)25(38)34-21/h8-12,17,21-23,36-37H,1-7H3,(H,33,39)(H,34,38)(H,35,41)/t17-,21+,22+,23+/m0/s1. The molecule has 2 aromatic carbocycles. The number of fused-ring (bicyclic) bond motifs is 9. The minimum absolute atomic E-state index is 0.0121. The number of methoxy groups -OCH3 is 1. The van der Waals surface area contributed by atoms with E-state index in [1.54, 1.807) is 47.6 Å². The maximum absolute atomic E-state index is 13.4. The molecule has 5 N–H and O–H groups in total. The second-order valence-corrected chi connectivity index (χ2v) is 12.4. The van der Waals surface area contributed by atoms with Gasteiger partial charge in [-0.25, -0.2) is 9.59 Å². The van der Waals surface area contributed by atoms with Crippen LogP contribution in [0.2, 0.25) is 5.02 Å². The summed E-state index contributed by atoms with van der Waals surface area (Å²) in [7, 11) is 1.26. The van der Waals surface area contributed by atoms with Crippen molar-refractivity contribution >= 4 is 35.5 Å². The van der Waals surface area contributed by atoms with Gasteiger partial charge in [-0.1, -0.05) is 17.7 Å². The molecule has 2 aliphatic rings. The molecule has 2 aromatic rings. The number of nitrogens with one attached hydrogen (secondary N) is 3. The van der Waals surface area contributed by atoms with Crippen molar-refractivity contribution < 1.29 is 48.3 Å². The van der Waals surface area contributed by atoms with E-state index in [2.05, 4.69) is 16.0 Å². The zero-order chi connectivity index (χ0) is 33.9. The average Bonchev–Trinajstić information content (AvgIpc) is 2.91. The van der Waals surface area contributed by atoms with Crippen LogP contribution in [0.3, 0.4) is 0 Å². The number of hydrogen-bond acceptors (Lipinski definition) is 11. The van der Waals surface area contributed by atoms with E-state index in [0.29, 0.717) is 0 Å². The third-order valence-corrected chi connectivity index (χ3v) is 6.29. The number of esters is 1. The molecule has 0 fully saturated rings. The molecule has 4 bridgehead atoms. The van der Waals surface area contributed by atoms with Gasteiger partial charge in [-0.05, 0) is 76.9 Å². The van der Waals surface area contributed by atoms with E-state index < -0.39 is 65.1 Å². The molecule has 14 nitrogen and oxygen atoms in total. The average molecular weight is 647 g/mol. The number of rotatable bonds is 3. The zero-order valence-corrected chi connectivity index (χ0v) is 26.4. The van der Waals surface area contributed by atoms with Crippen LogP contribution in [-0.2, 0) is 23.9 Å². The van der Waals surface area contributed by atoms with Gasteiger partial charge in [-0.15, -0.1) is 0 Å². The zero-order valence-electron chi connectivity index (χ0n) is 25.7. The van der Waals surface area contributed by atoms with E-state index in [9.17, 15) is 34.7 Å². The highest BCUT2D eigenvalue weighted by atomic mass is 35.5. The molecule has 15 heteroatoms. The lowest BCUT2D eigenvalue weighted by atomic mass is 10.0. The van der Waals surface area contributed by atoms with E-state index in [4.69, 9.17) is 30.5 Å². The molecule has 4 rings (SSSR count). The van der Waals surface area contributed by atoms with Gasteiger partial charge in [0.25, 0.3) is 5.91 Å². The quantitative estimate of drug-likeness (QED) is 0.306. The molecule has 3 amide bonds. The number of carbonyl (C=O) groups is 4. The highest BCUT2D eigenvalue weighted by Gasteiger charge is 2.37. The molecule has 0 radical (unpaired) electrons. The monoisotopic (exact) mass is 646 g/mol. The second-order valence-electron chi connectivity index (χ2n) is 12.0. The van der Waals surface area contributed by atoms with Crippen LogP contribution in [0.15, 0.2) is 30.3 Å². The number of benzene rings is 2. The third kappa shape index (κ3) is 8.90. The Morgan fingerprint density at radius 1 is 0.978 bits per heavy atom. The normalized spacial score (nSPS) is 20.5. The molecule has 4 atom stereocenters. The number of hydrogen-bond donors (Lipinski definition) is 5. The molecule has 242 valence electrons. The largest absolute Gasteiger partial charge is 0.504 e. The maximum atomic E-state index is 13.4. The van der Waals surface area contributed by atoms with Gasteiger partial charge in [-0.2, -0.15) is 5.26 Å². The first kappa shape index (κ1) is 34.7. The van der Waals surface area contributed by atoms with Crippen molar-refractivity contribution in [2.45, 2.75) is 77.0 Å². The first-order chi connectivity index (χ1) is 20.8. The molecule has 0 aromatic heterocycles. The fourth-order valence-corrected chi connectivity index (χ4v) is 4.35. The summed E-state index contributed by atoms with van der Waals surface area (Å²) in [5, 5.41) is 38.5. The lowest BCUT2D eigenvalue weighted by Crippen LogP contribution is -2.56. The summed E-state index contributed by atoms with van der Waals surface area (Å²) in [4.78, 5) is 52.7. The van der Waals surface area contributed by atoms with Gasteiger partial charge < -0.3 is 45.1 Å². The summed E-state index contributed by atoms with van der Waals surface area (Å²) in [6.45, 7) is 9.53. The number of phenolic OH excluding ortho intramolecular Hbond substituents is 1. The first-order valence-electron chi connectivity index (χ1n) is 13.6. The molecule has 2 aliphatic heterocycles. The van der Waals surface area contributed by atoms with Crippen LogP contribution >= 0.6 is 11.6 Å². The molecule has 0 spiro atoms. The number of phenols is 1. The summed E-state index contributed by atoms with van der Waals surface area (Å²) in [6, 6.07) is 2.66. The summed E-state index contributed by atoms with van der Waals surface area (Å²) in [5.41, 5.74) is -1.97. The van der Waals surface area contributed by atoms with Crippen LogP contribution < -0.4 is 25.4 Å². The van der Waals surface area contributed by atoms with Crippen molar-refractivity contribution in [3.8, 4) is 29.1 Å². The number of halogens is 1. The maximum Gasteiger partial charge on any atom is 0.408 e. The predicted molar refractivity (Wildman–Crippen MR) is 159 cm³/mol. The van der Waals surface area contributed by atoms with Crippen LogP contribution in [0.4, 0.5) is 4.79 Å². The Bertz CT molecular complexity index is 1530. The number of aliphatic hydroxyl groups excluding tert-OH is 1. The number of aromatic hydroxyl groups is 1. The number of carbonyl (C=O) groups excluding carboxylic acids is 4. The molecular weight excluding hydrogens is 612 g/mol. The number of ether oxygens (including phenoxy) is 4. The summed E-state index contributed by atoms with van der Waals surface area (Å²) in [6.07, 6.45) is -2.84. The van der Waals surface area contributed by atoms with E-state index >= 15 is 0 Å². The Balaban J connectivity index is 2.21. The Morgan fingerprint density at radius 2 is 1.62 bits per heavy atom. The van der Waals surface area contributed by atoms with Crippen LogP contribution in [0.5, 0.6) is 23.0 Å². The van der Waals surface area contributed by atoms with Crippen molar-refractivity contribution in [3.63, 3.8) is 0 Å². The summed E-state index contributed by atoms with van der Waals surface area (Å²) >= 11 is 6.47. The minimum atomic E-state index is -1.93. The van der Waals surface area contributed by atoms with Crippen molar-refractivity contribution in [1.82, 2.24) is 16.0 Å². The highest BCUT2D eigenvalue weighted by molar-refractivity contribution is 6.32. The van der Waals surface area contributed by atoms with E-state index in [0.717, 1.165) is 6.07 Å². The number of nitriles is 1. The lowest BCUT2D eigenvalue weighted by molar-refractivity contribution is -0.159. The van der Waals surface area contributed by atoms with E-state index in [1.165, 1.54) is 31.4 Å². The van der Waals surface area contributed by atoms with Gasteiger partial charge in [0.15, 0.2) is 23.6 Å². The summed E-state index contributed by atoms with van der Waals surface area (Å²) in [5.74, 6) is -3.99. The highest BCUT2D eigenvalue weighted by Crippen LogP contribution is 2.43. The molecule has 45 heavy (non-hydrogen) atoms. The predicted octanol–water partition coefficient (Wildman–Crippen LogP) is 3.29. The van der Waals surface area contributed by atoms with Gasteiger partial charge >= 0.3 is 12.1 Å². The molecular formula is C30H35ClN4O10. The van der Waals surface area contributed by atoms with Crippen molar-refractivity contribution in [2.24, 2.45) is 0 Å². The fourth-order valence-electron chi connectivity index (χ4n) is 4.13. The van der Waals surface area contributed by atoms with Crippen molar-refractivity contribution in [3.05, 3.63) is 46.5 Å². The van der Waals surface area contributed by atoms with Crippen molar-refractivity contribution in [1.29, 1.82) is 5.26 Å². The SMILES string of the molecule is COc1c(O)cc2cc1Oc1ccc(cc1Cl)[C@@H](O)[C@@H](NC(=O)OC(C)(C)C)C(=O)N[C@@H](C#N)C(=O)N[C@H]2C(=O)OC(C)(C)C. The van der Waals surface area contributed by atoms with Crippen LogP contribution in [0.1, 0.15) is 64.8 Å². The molecule has 0 unspecified atom stereocenters. The second kappa shape index (κ2) is 13.5. The molecule has 0 aliphatic carbocycles. The van der Waals surface area contributed by atoms with Gasteiger partial charge in [0, 0.05) is 0 Å². The van der Waals surface area contributed by atoms with Gasteiger partial charge in [0.2, 0.25) is 11.7 Å². The molecule has 0 saturated carbocycles.